The van der Waals surface area contributed by atoms with Gasteiger partial charge in [-0.15, -0.1) is 0 Å². The summed E-state index contributed by atoms with van der Waals surface area (Å²) in [5, 5.41) is 2.87. The molecule has 0 spiro atoms. The zero-order chi connectivity index (χ0) is 14.5. The Balaban J connectivity index is 1.83. The molecule has 0 aromatic heterocycles. The molecular weight excluding hydrogens is 321 g/mol. The maximum Gasteiger partial charge on any atom is 0.254 e. The number of benzene rings is 1. The van der Waals surface area contributed by atoms with E-state index >= 15 is 0 Å². The number of carbonyl (C=O) groups is 1. The van der Waals surface area contributed by atoms with Gasteiger partial charge in [-0.1, -0.05) is 42.1 Å². The van der Waals surface area contributed by atoms with Crippen LogP contribution in [-0.4, -0.2) is 12.5 Å². The molecule has 2 nitrogen and oxygen atoms in total. The molecule has 110 valence electrons. The number of amides is 1. The van der Waals surface area contributed by atoms with Gasteiger partial charge in [0.1, 0.15) is 5.82 Å². The van der Waals surface area contributed by atoms with Gasteiger partial charge in [-0.2, -0.15) is 0 Å². The van der Waals surface area contributed by atoms with Crippen molar-refractivity contribution in [3.63, 3.8) is 0 Å². The SMILES string of the molecule is CCC1CCC(CNC(=O)c2ccc(Br)cc2F)CC1. The molecule has 0 saturated heterocycles. The third-order valence-corrected chi connectivity index (χ3v) is 4.76. The lowest BCUT2D eigenvalue weighted by molar-refractivity contribution is 0.0937. The van der Waals surface area contributed by atoms with Gasteiger partial charge in [0, 0.05) is 11.0 Å². The average molecular weight is 342 g/mol. The largest absolute Gasteiger partial charge is 0.352 e. The van der Waals surface area contributed by atoms with Crippen molar-refractivity contribution in [1.29, 1.82) is 0 Å². The molecule has 20 heavy (non-hydrogen) atoms. The van der Waals surface area contributed by atoms with Crippen LogP contribution in [0.1, 0.15) is 49.4 Å². The second kappa shape index (κ2) is 7.21. The van der Waals surface area contributed by atoms with Crippen molar-refractivity contribution in [3.8, 4) is 0 Å². The van der Waals surface area contributed by atoms with Gasteiger partial charge >= 0.3 is 0 Å². The van der Waals surface area contributed by atoms with Crippen molar-refractivity contribution in [2.45, 2.75) is 39.0 Å². The van der Waals surface area contributed by atoms with Crippen LogP contribution in [0.25, 0.3) is 0 Å². The van der Waals surface area contributed by atoms with Crippen LogP contribution in [0.3, 0.4) is 0 Å². The second-order valence-corrected chi connectivity index (χ2v) is 6.54. The summed E-state index contributed by atoms with van der Waals surface area (Å²) in [5.74, 6) is 0.602. The van der Waals surface area contributed by atoms with Gasteiger partial charge in [0.25, 0.3) is 5.91 Å². The number of hydrogen-bond donors (Lipinski definition) is 1. The first-order chi connectivity index (χ1) is 9.60. The quantitative estimate of drug-likeness (QED) is 0.856. The molecule has 1 aromatic rings. The molecule has 1 N–H and O–H groups in total. The van der Waals surface area contributed by atoms with Crippen LogP contribution in [-0.2, 0) is 0 Å². The summed E-state index contributed by atoms with van der Waals surface area (Å²) >= 11 is 3.19. The molecule has 4 heteroatoms. The minimum Gasteiger partial charge on any atom is -0.352 e. The molecule has 0 unspecified atom stereocenters. The minimum absolute atomic E-state index is 0.121. The average Bonchev–Trinajstić information content (AvgIpc) is 2.45. The summed E-state index contributed by atoms with van der Waals surface area (Å²) in [4.78, 5) is 12.0. The topological polar surface area (TPSA) is 29.1 Å². The molecular formula is C16H21BrFNO. The number of hydrogen-bond acceptors (Lipinski definition) is 1. The van der Waals surface area contributed by atoms with Crippen molar-refractivity contribution in [3.05, 3.63) is 34.1 Å². The molecule has 1 aromatic carbocycles. The van der Waals surface area contributed by atoms with Crippen LogP contribution in [0, 0.1) is 17.7 Å². The molecule has 1 saturated carbocycles. The van der Waals surface area contributed by atoms with E-state index in [2.05, 4.69) is 28.2 Å². The van der Waals surface area contributed by atoms with E-state index in [1.54, 1.807) is 6.07 Å². The van der Waals surface area contributed by atoms with E-state index in [9.17, 15) is 9.18 Å². The number of nitrogens with one attached hydrogen (secondary N) is 1. The molecule has 1 fully saturated rings. The highest BCUT2D eigenvalue weighted by Crippen LogP contribution is 2.30. The maximum absolute atomic E-state index is 13.7. The first-order valence-electron chi connectivity index (χ1n) is 7.33. The molecule has 0 bridgehead atoms. The van der Waals surface area contributed by atoms with Crippen molar-refractivity contribution >= 4 is 21.8 Å². The fourth-order valence-corrected chi connectivity index (χ4v) is 3.18. The van der Waals surface area contributed by atoms with E-state index in [0.717, 1.165) is 5.92 Å². The van der Waals surface area contributed by atoms with Crippen LogP contribution in [0.4, 0.5) is 4.39 Å². The van der Waals surface area contributed by atoms with Gasteiger partial charge in [0.2, 0.25) is 0 Å². The highest BCUT2D eigenvalue weighted by atomic mass is 79.9. The Morgan fingerprint density at radius 1 is 1.30 bits per heavy atom. The Morgan fingerprint density at radius 2 is 1.95 bits per heavy atom. The van der Waals surface area contributed by atoms with Gasteiger partial charge in [0.15, 0.2) is 0 Å². The fraction of sp³-hybridized carbons (Fsp3) is 0.562. The lowest BCUT2D eigenvalue weighted by Gasteiger charge is -2.27. The van der Waals surface area contributed by atoms with E-state index in [1.807, 2.05) is 0 Å². The van der Waals surface area contributed by atoms with Gasteiger partial charge in [-0.05, 0) is 42.9 Å². The lowest BCUT2D eigenvalue weighted by Crippen LogP contribution is -2.31. The highest BCUT2D eigenvalue weighted by Gasteiger charge is 2.21. The first kappa shape index (κ1) is 15.5. The van der Waals surface area contributed by atoms with Crippen LogP contribution in [0.15, 0.2) is 22.7 Å². The van der Waals surface area contributed by atoms with Gasteiger partial charge in [-0.25, -0.2) is 4.39 Å². The van der Waals surface area contributed by atoms with E-state index < -0.39 is 5.82 Å². The molecule has 1 amide bonds. The predicted molar refractivity (Wildman–Crippen MR) is 82.2 cm³/mol. The molecule has 0 aliphatic heterocycles. The smallest absolute Gasteiger partial charge is 0.254 e. The number of rotatable bonds is 4. The Kier molecular flexibility index (Phi) is 5.58. The summed E-state index contributed by atoms with van der Waals surface area (Å²) in [6, 6.07) is 4.52. The van der Waals surface area contributed by atoms with E-state index in [0.29, 0.717) is 16.9 Å². The van der Waals surface area contributed by atoms with Crippen molar-refractivity contribution in [1.82, 2.24) is 5.32 Å². The zero-order valence-electron chi connectivity index (χ0n) is 11.8. The molecule has 2 rings (SSSR count). The monoisotopic (exact) mass is 341 g/mol. The summed E-state index contributed by atoms with van der Waals surface area (Å²) in [7, 11) is 0. The Morgan fingerprint density at radius 3 is 2.55 bits per heavy atom. The maximum atomic E-state index is 13.7. The third-order valence-electron chi connectivity index (χ3n) is 4.27. The van der Waals surface area contributed by atoms with E-state index in [4.69, 9.17) is 0 Å². The standard InChI is InChI=1S/C16H21BrFNO/c1-2-11-3-5-12(6-4-11)10-19-16(20)14-8-7-13(17)9-15(14)18/h7-9,11-12H,2-6,10H2,1H3,(H,19,20). The van der Waals surface area contributed by atoms with E-state index in [1.165, 1.54) is 44.2 Å². The summed E-state index contributed by atoms with van der Waals surface area (Å²) in [6.07, 6.45) is 6.10. The molecule has 1 aliphatic carbocycles. The lowest BCUT2D eigenvalue weighted by atomic mass is 9.81. The van der Waals surface area contributed by atoms with Crippen LogP contribution in [0.5, 0.6) is 0 Å². The molecule has 0 atom stereocenters. The Labute approximate surface area is 128 Å². The minimum atomic E-state index is -0.480. The second-order valence-electron chi connectivity index (χ2n) is 5.63. The molecule has 1 aliphatic rings. The third kappa shape index (κ3) is 4.05. The van der Waals surface area contributed by atoms with Gasteiger partial charge in [-0.3, -0.25) is 4.79 Å². The molecule has 0 radical (unpaired) electrons. The normalized spacial score (nSPS) is 22.6. The van der Waals surface area contributed by atoms with Crippen molar-refractivity contribution in [2.75, 3.05) is 6.54 Å². The van der Waals surface area contributed by atoms with E-state index in [-0.39, 0.29) is 11.5 Å². The summed E-state index contributed by atoms with van der Waals surface area (Å²) < 4.78 is 14.3. The van der Waals surface area contributed by atoms with Crippen LogP contribution < -0.4 is 5.32 Å². The fourth-order valence-electron chi connectivity index (χ4n) is 2.85. The van der Waals surface area contributed by atoms with Gasteiger partial charge < -0.3 is 5.32 Å². The predicted octanol–water partition coefficient (Wildman–Crippen LogP) is 4.53. The zero-order valence-corrected chi connectivity index (χ0v) is 13.4. The summed E-state index contributed by atoms with van der Waals surface area (Å²) in [5.41, 5.74) is 0.121. The Hall–Kier alpha value is -0.900. The number of carbonyl (C=O) groups excluding carboxylic acids is 1. The first-order valence-corrected chi connectivity index (χ1v) is 8.12. The highest BCUT2D eigenvalue weighted by molar-refractivity contribution is 9.10. The van der Waals surface area contributed by atoms with Crippen molar-refractivity contribution < 1.29 is 9.18 Å². The van der Waals surface area contributed by atoms with Gasteiger partial charge in [0.05, 0.1) is 5.56 Å². The summed E-state index contributed by atoms with van der Waals surface area (Å²) in [6.45, 7) is 2.90. The Bertz CT molecular complexity index is 470. The molecule has 0 heterocycles. The van der Waals surface area contributed by atoms with Crippen LogP contribution in [0.2, 0.25) is 0 Å². The van der Waals surface area contributed by atoms with Crippen LogP contribution >= 0.6 is 15.9 Å². The van der Waals surface area contributed by atoms with Crippen molar-refractivity contribution in [2.24, 2.45) is 11.8 Å². The number of halogens is 2.